The van der Waals surface area contributed by atoms with Gasteiger partial charge >= 0.3 is 0 Å². The Bertz CT molecular complexity index is 750. The fraction of sp³-hybridized carbons (Fsp3) is 0.556. The van der Waals surface area contributed by atoms with Gasteiger partial charge in [-0.3, -0.25) is 4.79 Å². The molecule has 2 aliphatic carbocycles. The third-order valence-corrected chi connectivity index (χ3v) is 6.53. The summed E-state index contributed by atoms with van der Waals surface area (Å²) in [6.45, 7) is 1.00. The van der Waals surface area contributed by atoms with Crippen LogP contribution in [-0.4, -0.2) is 36.4 Å². The van der Waals surface area contributed by atoms with E-state index in [1.165, 1.54) is 11.1 Å². The molecule has 1 saturated carbocycles. The summed E-state index contributed by atoms with van der Waals surface area (Å²) in [5, 5.41) is 9.42. The predicted octanol–water partition coefficient (Wildman–Crippen LogP) is 1.80. The van der Waals surface area contributed by atoms with Crippen LogP contribution in [0.4, 0.5) is 0 Å². The maximum Gasteiger partial charge on any atom is 0.174 e. The van der Waals surface area contributed by atoms with Gasteiger partial charge in [0.15, 0.2) is 11.9 Å². The Kier molecular flexibility index (Phi) is 2.25. The van der Waals surface area contributed by atoms with Crippen molar-refractivity contribution >= 4 is 5.78 Å². The van der Waals surface area contributed by atoms with Crippen molar-refractivity contribution in [3.63, 3.8) is 0 Å². The van der Waals surface area contributed by atoms with Gasteiger partial charge in [0.2, 0.25) is 0 Å². The van der Waals surface area contributed by atoms with Crippen LogP contribution in [-0.2, 0) is 16.6 Å². The number of likely N-dealkylation sites (tertiary alicyclic amines) is 1. The van der Waals surface area contributed by atoms with E-state index in [0.717, 1.165) is 25.8 Å². The highest BCUT2D eigenvalue weighted by atomic mass is 16.5. The highest BCUT2D eigenvalue weighted by Crippen LogP contribution is 2.61. The lowest BCUT2D eigenvalue weighted by Gasteiger charge is -2.57. The first-order chi connectivity index (χ1) is 10.7. The van der Waals surface area contributed by atoms with Crippen molar-refractivity contribution in [2.45, 2.75) is 43.2 Å². The zero-order chi connectivity index (χ0) is 15.1. The summed E-state index contributed by atoms with van der Waals surface area (Å²) in [5.74, 6) is 1.43. The van der Waals surface area contributed by atoms with Crippen molar-refractivity contribution in [2.24, 2.45) is 5.92 Å². The molecule has 4 atom stereocenters. The van der Waals surface area contributed by atoms with Gasteiger partial charge in [-0.15, -0.1) is 0 Å². The summed E-state index contributed by atoms with van der Waals surface area (Å²) >= 11 is 0. The van der Waals surface area contributed by atoms with Gasteiger partial charge in [-0.25, -0.2) is 0 Å². The first-order valence-corrected chi connectivity index (χ1v) is 8.13. The van der Waals surface area contributed by atoms with Crippen LogP contribution < -0.4 is 4.74 Å². The van der Waals surface area contributed by atoms with Crippen molar-refractivity contribution in [3.8, 4) is 11.8 Å². The molecule has 4 heteroatoms. The zero-order valence-electron chi connectivity index (χ0n) is 12.6. The minimum atomic E-state index is -0.356. The van der Waals surface area contributed by atoms with Crippen LogP contribution >= 0.6 is 0 Å². The fourth-order valence-corrected chi connectivity index (χ4v) is 5.62. The maximum absolute atomic E-state index is 12.6. The van der Waals surface area contributed by atoms with E-state index < -0.39 is 0 Å². The molecule has 2 aliphatic heterocycles. The number of hydrogen-bond acceptors (Lipinski definition) is 4. The third-order valence-electron chi connectivity index (χ3n) is 6.53. The van der Waals surface area contributed by atoms with Crippen molar-refractivity contribution in [1.29, 1.82) is 5.26 Å². The molecule has 0 N–H and O–H groups in total. The molecule has 1 spiro atoms. The standard InChI is InChI=1S/C18H18N2O2/c1-20-7-6-18-12-4-5-14(21)17(18)22-16-11(9-19)3-2-10(15(16)18)8-13(12)20/h2-3,12-13,17H,4-8H2,1H3/t12-,13+,17-,18-/m0/s1. The summed E-state index contributed by atoms with van der Waals surface area (Å²) in [5.41, 5.74) is 2.92. The van der Waals surface area contributed by atoms with Gasteiger partial charge in [0.25, 0.3) is 0 Å². The Balaban J connectivity index is 1.84. The van der Waals surface area contributed by atoms with Crippen molar-refractivity contribution in [1.82, 2.24) is 4.90 Å². The van der Waals surface area contributed by atoms with Gasteiger partial charge in [-0.2, -0.15) is 5.26 Å². The minimum absolute atomic E-state index is 0.164. The smallest absolute Gasteiger partial charge is 0.174 e. The second kappa shape index (κ2) is 3.91. The molecule has 112 valence electrons. The predicted molar refractivity (Wildman–Crippen MR) is 79.7 cm³/mol. The quantitative estimate of drug-likeness (QED) is 0.732. The Morgan fingerprint density at radius 2 is 2.32 bits per heavy atom. The number of carbonyl (C=O) groups excluding carboxylic acids is 1. The molecular weight excluding hydrogens is 276 g/mol. The number of benzene rings is 1. The number of ketones is 1. The number of likely N-dealkylation sites (N-methyl/N-ethyl adjacent to an activating group) is 1. The molecule has 4 nitrogen and oxygen atoms in total. The van der Waals surface area contributed by atoms with Gasteiger partial charge in [0, 0.05) is 23.4 Å². The van der Waals surface area contributed by atoms with Crippen LogP contribution in [0.2, 0.25) is 0 Å². The van der Waals surface area contributed by atoms with E-state index in [2.05, 4.69) is 24.1 Å². The largest absolute Gasteiger partial charge is 0.480 e. The minimum Gasteiger partial charge on any atom is -0.480 e. The molecule has 1 aromatic rings. The van der Waals surface area contributed by atoms with Crippen LogP contribution in [0, 0.1) is 17.2 Å². The van der Waals surface area contributed by atoms with Gasteiger partial charge < -0.3 is 9.64 Å². The molecule has 1 saturated heterocycles. The van der Waals surface area contributed by atoms with Crippen molar-refractivity contribution < 1.29 is 9.53 Å². The zero-order valence-corrected chi connectivity index (χ0v) is 12.6. The average Bonchev–Trinajstić information content (AvgIpc) is 2.88. The summed E-state index contributed by atoms with van der Waals surface area (Å²) in [4.78, 5) is 15.0. The van der Waals surface area contributed by atoms with Crippen LogP contribution in [0.15, 0.2) is 12.1 Å². The number of ether oxygens (including phenoxy) is 1. The lowest BCUT2D eigenvalue weighted by molar-refractivity contribution is -0.138. The van der Waals surface area contributed by atoms with Crippen LogP contribution in [0.5, 0.6) is 5.75 Å². The summed E-state index contributed by atoms with van der Waals surface area (Å²) < 4.78 is 6.16. The number of nitriles is 1. The molecule has 2 fully saturated rings. The Hall–Kier alpha value is -1.86. The van der Waals surface area contributed by atoms with E-state index in [1.54, 1.807) is 0 Å². The number of carbonyl (C=O) groups is 1. The Morgan fingerprint density at radius 1 is 1.45 bits per heavy atom. The van der Waals surface area contributed by atoms with Crippen molar-refractivity contribution in [2.75, 3.05) is 13.6 Å². The molecule has 2 bridgehead atoms. The van der Waals surface area contributed by atoms with Crippen LogP contribution in [0.3, 0.4) is 0 Å². The molecule has 1 aromatic carbocycles. The molecular formula is C18H18N2O2. The number of Topliss-reactive ketones (excluding diaryl/α,β-unsaturated/α-hetero) is 1. The molecule has 0 radical (unpaired) electrons. The highest BCUT2D eigenvalue weighted by Gasteiger charge is 2.65. The lowest BCUT2D eigenvalue weighted by Crippen LogP contribution is -2.65. The SMILES string of the molecule is CN1CC[C@]23c4c5ccc(C#N)c4O[C@H]2C(=O)CC[C@H]3[C@H]1C5. The maximum atomic E-state index is 12.6. The van der Waals surface area contributed by atoms with Gasteiger partial charge in [0.1, 0.15) is 11.8 Å². The van der Waals surface area contributed by atoms with Crippen molar-refractivity contribution in [3.05, 3.63) is 28.8 Å². The van der Waals surface area contributed by atoms with Crippen LogP contribution in [0.25, 0.3) is 0 Å². The molecule has 0 unspecified atom stereocenters. The Morgan fingerprint density at radius 3 is 3.14 bits per heavy atom. The fourth-order valence-electron chi connectivity index (χ4n) is 5.62. The number of hydrogen-bond donors (Lipinski definition) is 0. The summed E-state index contributed by atoms with van der Waals surface area (Å²) in [6.07, 6.45) is 3.21. The van der Waals surface area contributed by atoms with E-state index in [0.29, 0.717) is 29.7 Å². The number of nitrogens with zero attached hydrogens (tertiary/aromatic N) is 2. The first kappa shape index (κ1) is 12.7. The first-order valence-electron chi connectivity index (χ1n) is 8.13. The number of piperidine rings is 1. The van der Waals surface area contributed by atoms with E-state index in [4.69, 9.17) is 4.74 Å². The van der Waals surface area contributed by atoms with Gasteiger partial charge in [0.05, 0.1) is 5.56 Å². The van der Waals surface area contributed by atoms with E-state index in [9.17, 15) is 10.1 Å². The molecule has 5 rings (SSSR count). The molecule has 0 aromatic heterocycles. The van der Waals surface area contributed by atoms with Crippen LogP contribution in [0.1, 0.15) is 36.0 Å². The number of rotatable bonds is 0. The van der Waals surface area contributed by atoms with E-state index >= 15 is 0 Å². The lowest BCUT2D eigenvalue weighted by atomic mass is 9.51. The molecule has 22 heavy (non-hydrogen) atoms. The van der Waals surface area contributed by atoms with Gasteiger partial charge in [-0.05, 0) is 50.4 Å². The third kappa shape index (κ3) is 1.22. The monoisotopic (exact) mass is 294 g/mol. The second-order valence-corrected chi connectivity index (χ2v) is 7.24. The van der Waals surface area contributed by atoms with Gasteiger partial charge in [-0.1, -0.05) is 6.07 Å². The molecule has 4 aliphatic rings. The summed E-state index contributed by atoms with van der Waals surface area (Å²) in [6, 6.07) is 6.70. The topological polar surface area (TPSA) is 53.3 Å². The second-order valence-electron chi connectivity index (χ2n) is 7.24. The Labute approximate surface area is 129 Å². The average molecular weight is 294 g/mol. The van der Waals surface area contributed by atoms with E-state index in [-0.39, 0.29) is 17.3 Å². The molecule has 2 heterocycles. The van der Waals surface area contributed by atoms with E-state index in [1.807, 2.05) is 6.07 Å². The molecule has 0 amide bonds. The summed E-state index contributed by atoms with van der Waals surface area (Å²) in [7, 11) is 2.20. The highest BCUT2D eigenvalue weighted by molar-refractivity contribution is 5.89. The normalized spacial score (nSPS) is 38.2.